The molecular weight excluding hydrogens is 527 g/mol. The number of carbonyl (C=O) groups is 4. The standard InChI is InChI=1S/C28H18Cl2N4O4/c1-31-9-33-25(35)13-5-3-11-22-18(30)8-16-20-14(26(36)34(10-32-2)28(16)38)6-4-12(24(20)22)21-17(29)7-15(27(33)37)19(13)23(11)21/h3-8,31-32H,9-10H2,1-2H3. The van der Waals surface area contributed by atoms with Crippen molar-refractivity contribution in [2.75, 3.05) is 27.4 Å². The van der Waals surface area contributed by atoms with Crippen molar-refractivity contribution in [3.05, 3.63) is 68.7 Å². The van der Waals surface area contributed by atoms with Crippen molar-refractivity contribution in [1.82, 2.24) is 20.4 Å². The number of hydrogen-bond acceptors (Lipinski definition) is 6. The summed E-state index contributed by atoms with van der Waals surface area (Å²) in [7, 11) is 3.32. The van der Waals surface area contributed by atoms with Crippen LogP contribution in [-0.2, 0) is 0 Å². The predicted octanol–water partition coefficient (Wildman–Crippen LogP) is 4.59. The number of rotatable bonds is 4. The molecule has 0 aromatic heterocycles. The molecule has 0 radical (unpaired) electrons. The summed E-state index contributed by atoms with van der Waals surface area (Å²) in [6, 6.07) is 10.2. The van der Waals surface area contributed by atoms with Crippen LogP contribution in [0, 0.1) is 0 Å². The van der Waals surface area contributed by atoms with E-state index in [0.717, 1.165) is 9.80 Å². The fourth-order valence-electron chi connectivity index (χ4n) is 6.07. The fourth-order valence-corrected chi connectivity index (χ4v) is 6.68. The first-order chi connectivity index (χ1) is 18.3. The van der Waals surface area contributed by atoms with Gasteiger partial charge in [0.15, 0.2) is 0 Å². The van der Waals surface area contributed by atoms with Gasteiger partial charge in [-0.05, 0) is 49.1 Å². The number of nitrogens with zero attached hydrogens (tertiary/aromatic N) is 2. The Morgan fingerprint density at radius 2 is 0.921 bits per heavy atom. The van der Waals surface area contributed by atoms with Crippen molar-refractivity contribution in [2.24, 2.45) is 0 Å². The van der Waals surface area contributed by atoms with E-state index in [0.29, 0.717) is 75.4 Å². The van der Waals surface area contributed by atoms with Crippen LogP contribution in [0.3, 0.4) is 0 Å². The topological polar surface area (TPSA) is 98.8 Å². The van der Waals surface area contributed by atoms with E-state index in [1.165, 1.54) is 0 Å². The number of carbonyl (C=O) groups excluding carboxylic acids is 4. The van der Waals surface area contributed by atoms with E-state index in [9.17, 15) is 19.2 Å². The number of amides is 4. The molecule has 0 spiro atoms. The summed E-state index contributed by atoms with van der Waals surface area (Å²) in [5, 5.41) is 11.4. The van der Waals surface area contributed by atoms with Gasteiger partial charge in [-0.1, -0.05) is 35.3 Å². The molecule has 2 aliphatic heterocycles. The molecule has 8 nitrogen and oxygen atoms in total. The maximum Gasteiger partial charge on any atom is 0.262 e. The lowest BCUT2D eigenvalue weighted by molar-refractivity contribution is 0.0586. The lowest BCUT2D eigenvalue weighted by Gasteiger charge is -2.30. The summed E-state index contributed by atoms with van der Waals surface area (Å²) in [5.41, 5.74) is 1.45. The lowest BCUT2D eigenvalue weighted by Crippen LogP contribution is -2.44. The Balaban J connectivity index is 1.69. The summed E-state index contributed by atoms with van der Waals surface area (Å²) in [4.78, 5) is 55.7. The SMILES string of the molecule is CNCN1C(=O)c2ccc3c4c(Cl)cc5c6c(ccc(c7c(Cl)cc(c2c37)C1=O)c64)C(=O)N(CNC)C5=O. The summed E-state index contributed by atoms with van der Waals surface area (Å²) < 4.78 is 0. The van der Waals surface area contributed by atoms with E-state index in [2.05, 4.69) is 10.6 Å². The van der Waals surface area contributed by atoms with Gasteiger partial charge in [0, 0.05) is 53.5 Å². The Morgan fingerprint density at radius 1 is 0.553 bits per heavy atom. The summed E-state index contributed by atoms with van der Waals surface area (Å²) >= 11 is 13.8. The van der Waals surface area contributed by atoms with Gasteiger partial charge in [-0.25, -0.2) is 0 Å². The number of hydrogen-bond donors (Lipinski definition) is 2. The molecule has 0 unspecified atom stereocenters. The van der Waals surface area contributed by atoms with E-state index in [1.807, 2.05) is 0 Å². The number of benzene rings is 5. The van der Waals surface area contributed by atoms with E-state index in [1.54, 1.807) is 50.5 Å². The van der Waals surface area contributed by atoms with Gasteiger partial charge in [-0.3, -0.25) is 29.0 Å². The molecule has 5 aromatic carbocycles. The van der Waals surface area contributed by atoms with Gasteiger partial charge in [-0.2, -0.15) is 0 Å². The molecule has 10 heteroatoms. The van der Waals surface area contributed by atoms with Gasteiger partial charge >= 0.3 is 0 Å². The zero-order valence-electron chi connectivity index (χ0n) is 20.2. The summed E-state index contributed by atoms with van der Waals surface area (Å²) in [6.45, 7) is 0.123. The van der Waals surface area contributed by atoms with Crippen molar-refractivity contribution < 1.29 is 19.2 Å². The average molecular weight is 545 g/mol. The molecule has 38 heavy (non-hydrogen) atoms. The Kier molecular flexibility index (Phi) is 4.81. The Bertz CT molecular complexity index is 1830. The van der Waals surface area contributed by atoms with Gasteiger partial charge in [0.2, 0.25) is 0 Å². The highest BCUT2D eigenvalue weighted by Crippen LogP contribution is 2.50. The quantitative estimate of drug-likeness (QED) is 0.195. The normalized spacial score (nSPS) is 15.4. The molecular formula is C28H18Cl2N4O4. The van der Waals surface area contributed by atoms with Crippen molar-refractivity contribution in [3.8, 4) is 0 Å². The van der Waals surface area contributed by atoms with Crippen molar-refractivity contribution in [2.45, 2.75) is 0 Å². The molecule has 0 aliphatic carbocycles. The molecule has 2 aliphatic rings. The van der Waals surface area contributed by atoms with Crippen LogP contribution in [0.2, 0.25) is 10.0 Å². The second-order valence-electron chi connectivity index (χ2n) is 9.48. The van der Waals surface area contributed by atoms with Crippen LogP contribution in [0.1, 0.15) is 41.4 Å². The number of nitrogens with one attached hydrogen (secondary N) is 2. The maximum absolute atomic E-state index is 13.4. The average Bonchev–Trinajstić information content (AvgIpc) is 2.90. The monoisotopic (exact) mass is 544 g/mol. The minimum absolute atomic E-state index is 0.0614. The molecule has 0 fully saturated rings. The minimum Gasteiger partial charge on any atom is -0.302 e. The lowest BCUT2D eigenvalue weighted by atomic mass is 9.82. The highest BCUT2D eigenvalue weighted by atomic mass is 35.5. The number of halogens is 2. The third-order valence-electron chi connectivity index (χ3n) is 7.54. The fraction of sp³-hybridized carbons (Fsp3) is 0.143. The molecule has 0 saturated carbocycles. The highest BCUT2D eigenvalue weighted by Gasteiger charge is 2.37. The van der Waals surface area contributed by atoms with Crippen LogP contribution < -0.4 is 10.6 Å². The van der Waals surface area contributed by atoms with Gasteiger partial charge < -0.3 is 10.6 Å². The zero-order chi connectivity index (χ0) is 26.6. The minimum atomic E-state index is -0.439. The molecule has 2 N–H and O–H groups in total. The third kappa shape index (κ3) is 2.67. The Labute approximate surface area is 225 Å². The van der Waals surface area contributed by atoms with Gasteiger partial charge in [-0.15, -0.1) is 0 Å². The molecule has 0 bridgehead atoms. The highest BCUT2D eigenvalue weighted by molar-refractivity contribution is 6.50. The van der Waals surface area contributed by atoms with Crippen LogP contribution in [0.15, 0.2) is 36.4 Å². The molecule has 5 aromatic rings. The first kappa shape index (κ1) is 23.3. The van der Waals surface area contributed by atoms with Gasteiger partial charge in [0.25, 0.3) is 23.6 Å². The molecule has 0 saturated heterocycles. The smallest absolute Gasteiger partial charge is 0.262 e. The van der Waals surface area contributed by atoms with E-state index in [4.69, 9.17) is 23.2 Å². The van der Waals surface area contributed by atoms with Gasteiger partial charge in [0.05, 0.1) is 24.5 Å². The Hall–Kier alpha value is -3.82. The van der Waals surface area contributed by atoms with Crippen LogP contribution in [0.5, 0.6) is 0 Å². The largest absolute Gasteiger partial charge is 0.302 e. The third-order valence-corrected chi connectivity index (χ3v) is 8.14. The first-order valence-corrected chi connectivity index (χ1v) is 12.7. The second-order valence-corrected chi connectivity index (χ2v) is 10.3. The van der Waals surface area contributed by atoms with Crippen molar-refractivity contribution in [3.63, 3.8) is 0 Å². The predicted molar refractivity (Wildman–Crippen MR) is 147 cm³/mol. The molecule has 2 heterocycles. The second kappa shape index (κ2) is 7.85. The van der Waals surface area contributed by atoms with E-state index in [-0.39, 0.29) is 13.3 Å². The van der Waals surface area contributed by atoms with E-state index < -0.39 is 23.6 Å². The Morgan fingerprint density at radius 3 is 1.29 bits per heavy atom. The van der Waals surface area contributed by atoms with Crippen LogP contribution in [0.25, 0.3) is 43.1 Å². The molecule has 0 atom stereocenters. The van der Waals surface area contributed by atoms with Crippen molar-refractivity contribution >= 4 is 89.9 Å². The molecule has 4 amide bonds. The van der Waals surface area contributed by atoms with E-state index >= 15 is 0 Å². The summed E-state index contributed by atoms with van der Waals surface area (Å²) in [6.07, 6.45) is 0. The number of imide groups is 2. The molecule has 188 valence electrons. The zero-order valence-corrected chi connectivity index (χ0v) is 21.7. The first-order valence-electron chi connectivity index (χ1n) is 11.9. The van der Waals surface area contributed by atoms with Gasteiger partial charge in [0.1, 0.15) is 0 Å². The van der Waals surface area contributed by atoms with Crippen LogP contribution in [0.4, 0.5) is 0 Å². The van der Waals surface area contributed by atoms with Crippen LogP contribution in [-0.4, -0.2) is 60.9 Å². The molecule has 7 rings (SSSR count). The summed E-state index contributed by atoms with van der Waals surface area (Å²) in [5.74, 6) is -1.69. The maximum atomic E-state index is 13.4. The number of fused-ring (bicyclic) bond motifs is 2. The van der Waals surface area contributed by atoms with Crippen LogP contribution >= 0.6 is 23.2 Å². The van der Waals surface area contributed by atoms with Crippen molar-refractivity contribution in [1.29, 1.82) is 0 Å².